The Kier molecular flexibility index (Phi) is 6.97. The largest absolute Gasteiger partial charge is 0.337 e. The maximum Gasteiger partial charge on any atom is 0.254 e. The van der Waals surface area contributed by atoms with Crippen molar-refractivity contribution in [2.24, 2.45) is 0 Å². The van der Waals surface area contributed by atoms with Gasteiger partial charge in [0, 0.05) is 46.3 Å². The Bertz CT molecular complexity index is 1040. The Morgan fingerprint density at radius 3 is 1.88 bits per heavy atom. The molecule has 1 aliphatic heterocycles. The van der Waals surface area contributed by atoms with Gasteiger partial charge in [0.25, 0.3) is 11.8 Å². The van der Waals surface area contributed by atoms with Crippen LogP contribution in [0.5, 0.6) is 0 Å². The van der Waals surface area contributed by atoms with Crippen LogP contribution in [0, 0.1) is 0 Å². The summed E-state index contributed by atoms with van der Waals surface area (Å²) in [6.07, 6.45) is 0. The zero-order valence-corrected chi connectivity index (χ0v) is 18.5. The average Bonchev–Trinajstić information content (AvgIpc) is 2.85. The lowest BCUT2D eigenvalue weighted by molar-refractivity contribution is 0.0619. The molecule has 1 aliphatic rings. The lowest BCUT2D eigenvalue weighted by atomic mass is 10.0. The molecular weight excluding hydrogens is 398 g/mol. The quantitative estimate of drug-likeness (QED) is 0.599. The molecule has 5 nitrogen and oxygen atoms in total. The number of hydrogen-bond acceptors (Lipinski definition) is 3. The Hall–Kier alpha value is -3.44. The van der Waals surface area contributed by atoms with E-state index in [1.165, 1.54) is 5.56 Å². The van der Waals surface area contributed by atoms with Crippen molar-refractivity contribution in [3.8, 4) is 0 Å². The second-order valence-corrected chi connectivity index (χ2v) is 8.25. The first-order chi connectivity index (χ1) is 15.6. The number of piperazine rings is 1. The highest BCUT2D eigenvalue weighted by Gasteiger charge is 2.26. The smallest absolute Gasteiger partial charge is 0.254 e. The van der Waals surface area contributed by atoms with Crippen molar-refractivity contribution in [2.45, 2.75) is 13.1 Å². The van der Waals surface area contributed by atoms with E-state index in [2.05, 4.69) is 29.2 Å². The molecule has 1 heterocycles. The molecule has 0 radical (unpaired) electrons. The highest BCUT2D eigenvalue weighted by molar-refractivity contribution is 6.07. The number of benzene rings is 3. The van der Waals surface area contributed by atoms with Crippen molar-refractivity contribution in [2.75, 3.05) is 33.2 Å². The number of hydrogen-bond donors (Lipinski definition) is 0. The van der Waals surface area contributed by atoms with E-state index in [4.69, 9.17) is 0 Å². The normalized spacial score (nSPS) is 14.2. The first kappa shape index (κ1) is 21.8. The minimum absolute atomic E-state index is 0.0681. The Labute approximate surface area is 189 Å². The number of carbonyl (C=O) groups excluding carboxylic acids is 2. The van der Waals surface area contributed by atoms with E-state index in [0.29, 0.717) is 30.8 Å². The molecule has 0 atom stereocenters. The van der Waals surface area contributed by atoms with E-state index in [-0.39, 0.29) is 11.8 Å². The molecule has 0 bridgehead atoms. The van der Waals surface area contributed by atoms with Gasteiger partial charge in [-0.25, -0.2) is 0 Å². The molecule has 2 amide bonds. The molecule has 0 aliphatic carbocycles. The van der Waals surface area contributed by atoms with Gasteiger partial charge in [-0.15, -0.1) is 0 Å². The van der Waals surface area contributed by atoms with Crippen LogP contribution in [-0.2, 0) is 13.1 Å². The van der Waals surface area contributed by atoms with Crippen LogP contribution in [0.4, 0.5) is 0 Å². The standard InChI is InChI=1S/C27H29N3O2/c1-28(20-22-10-4-2-5-11-22)26(31)24-14-8-9-15-25(24)27(32)30-18-16-29(17-19-30)21-23-12-6-3-7-13-23/h2-15H,16-21H2,1H3. The van der Waals surface area contributed by atoms with Crippen LogP contribution in [0.25, 0.3) is 0 Å². The molecule has 0 spiro atoms. The minimum Gasteiger partial charge on any atom is -0.337 e. The van der Waals surface area contributed by atoms with Gasteiger partial charge >= 0.3 is 0 Å². The maximum absolute atomic E-state index is 13.3. The number of nitrogens with zero attached hydrogens (tertiary/aromatic N) is 3. The van der Waals surface area contributed by atoms with Crippen molar-refractivity contribution < 1.29 is 9.59 Å². The Morgan fingerprint density at radius 1 is 0.719 bits per heavy atom. The van der Waals surface area contributed by atoms with Gasteiger partial charge in [0.2, 0.25) is 0 Å². The summed E-state index contributed by atoms with van der Waals surface area (Å²) in [4.78, 5) is 32.4. The van der Waals surface area contributed by atoms with Crippen LogP contribution in [0.2, 0.25) is 0 Å². The summed E-state index contributed by atoms with van der Waals surface area (Å²) in [7, 11) is 1.78. The predicted molar refractivity (Wildman–Crippen MR) is 126 cm³/mol. The highest BCUT2D eigenvalue weighted by Crippen LogP contribution is 2.17. The predicted octanol–water partition coefficient (Wildman–Crippen LogP) is 3.92. The van der Waals surface area contributed by atoms with E-state index in [1.807, 2.05) is 53.4 Å². The van der Waals surface area contributed by atoms with Gasteiger partial charge in [-0.3, -0.25) is 14.5 Å². The van der Waals surface area contributed by atoms with E-state index in [0.717, 1.165) is 25.2 Å². The number of carbonyl (C=O) groups is 2. The fraction of sp³-hybridized carbons (Fsp3) is 0.259. The molecule has 0 saturated carbocycles. The highest BCUT2D eigenvalue weighted by atomic mass is 16.2. The van der Waals surface area contributed by atoms with Crippen LogP contribution in [0.1, 0.15) is 31.8 Å². The molecule has 0 unspecified atom stereocenters. The topological polar surface area (TPSA) is 43.9 Å². The van der Waals surface area contributed by atoms with Crippen LogP contribution in [0.15, 0.2) is 84.9 Å². The average molecular weight is 428 g/mol. The van der Waals surface area contributed by atoms with Crippen LogP contribution < -0.4 is 0 Å². The molecule has 1 saturated heterocycles. The second-order valence-electron chi connectivity index (χ2n) is 8.25. The van der Waals surface area contributed by atoms with Crippen LogP contribution >= 0.6 is 0 Å². The van der Waals surface area contributed by atoms with E-state index < -0.39 is 0 Å². The molecule has 0 aromatic heterocycles. The first-order valence-electron chi connectivity index (χ1n) is 11.1. The third kappa shape index (κ3) is 5.24. The van der Waals surface area contributed by atoms with Crippen LogP contribution in [0.3, 0.4) is 0 Å². The molecule has 5 heteroatoms. The lowest BCUT2D eigenvalue weighted by Crippen LogP contribution is -2.48. The van der Waals surface area contributed by atoms with E-state index in [1.54, 1.807) is 24.1 Å². The molecule has 164 valence electrons. The van der Waals surface area contributed by atoms with Crippen LogP contribution in [-0.4, -0.2) is 59.7 Å². The molecule has 1 fully saturated rings. The maximum atomic E-state index is 13.3. The van der Waals surface area contributed by atoms with Gasteiger partial charge in [-0.1, -0.05) is 72.8 Å². The molecule has 32 heavy (non-hydrogen) atoms. The SMILES string of the molecule is CN(Cc1ccccc1)C(=O)c1ccccc1C(=O)N1CCN(Cc2ccccc2)CC1. The summed E-state index contributed by atoms with van der Waals surface area (Å²) < 4.78 is 0. The summed E-state index contributed by atoms with van der Waals surface area (Å²) in [6.45, 7) is 4.36. The third-order valence-electron chi connectivity index (χ3n) is 5.91. The van der Waals surface area contributed by atoms with Crippen molar-refractivity contribution in [1.82, 2.24) is 14.7 Å². The Balaban J connectivity index is 1.41. The number of rotatable bonds is 6. The summed E-state index contributed by atoms with van der Waals surface area (Å²) in [5, 5.41) is 0. The zero-order valence-electron chi connectivity index (χ0n) is 18.5. The van der Waals surface area contributed by atoms with E-state index >= 15 is 0 Å². The summed E-state index contributed by atoms with van der Waals surface area (Å²) in [5.74, 6) is -0.207. The van der Waals surface area contributed by atoms with E-state index in [9.17, 15) is 9.59 Å². The van der Waals surface area contributed by atoms with Gasteiger partial charge in [-0.05, 0) is 23.3 Å². The molecule has 0 N–H and O–H groups in total. The molecular formula is C27H29N3O2. The number of amides is 2. The Morgan fingerprint density at radius 2 is 1.25 bits per heavy atom. The minimum atomic E-state index is -0.138. The second kappa shape index (κ2) is 10.2. The zero-order chi connectivity index (χ0) is 22.3. The third-order valence-corrected chi connectivity index (χ3v) is 5.91. The summed E-state index contributed by atoms with van der Waals surface area (Å²) in [5.41, 5.74) is 3.28. The van der Waals surface area contributed by atoms with Crippen molar-refractivity contribution >= 4 is 11.8 Å². The fourth-order valence-corrected chi connectivity index (χ4v) is 4.11. The summed E-state index contributed by atoms with van der Waals surface area (Å²) >= 11 is 0. The first-order valence-corrected chi connectivity index (χ1v) is 11.1. The van der Waals surface area contributed by atoms with Gasteiger partial charge in [0.15, 0.2) is 0 Å². The van der Waals surface area contributed by atoms with Gasteiger partial charge in [-0.2, -0.15) is 0 Å². The van der Waals surface area contributed by atoms with Crippen molar-refractivity contribution in [3.05, 3.63) is 107 Å². The van der Waals surface area contributed by atoms with Gasteiger partial charge in [0.05, 0.1) is 11.1 Å². The molecule has 3 aromatic carbocycles. The summed E-state index contributed by atoms with van der Waals surface area (Å²) in [6, 6.07) is 27.4. The van der Waals surface area contributed by atoms with Crippen molar-refractivity contribution in [3.63, 3.8) is 0 Å². The molecule has 4 rings (SSSR count). The monoisotopic (exact) mass is 427 g/mol. The van der Waals surface area contributed by atoms with Crippen molar-refractivity contribution in [1.29, 1.82) is 0 Å². The lowest BCUT2D eigenvalue weighted by Gasteiger charge is -2.35. The van der Waals surface area contributed by atoms with Gasteiger partial charge in [0.1, 0.15) is 0 Å². The molecule has 3 aromatic rings. The van der Waals surface area contributed by atoms with Gasteiger partial charge < -0.3 is 9.80 Å². The fourth-order valence-electron chi connectivity index (χ4n) is 4.11.